The first-order valence-corrected chi connectivity index (χ1v) is 6.64. The van der Waals surface area contributed by atoms with E-state index in [0.29, 0.717) is 13.1 Å². The third kappa shape index (κ3) is 5.46. The van der Waals surface area contributed by atoms with Gasteiger partial charge in [0.05, 0.1) is 6.42 Å². The number of hydrogen-bond acceptors (Lipinski definition) is 4. The number of nitrogens with two attached hydrogens (primary N) is 1. The van der Waals surface area contributed by atoms with Crippen LogP contribution < -0.4 is 5.73 Å². The second-order valence-electron chi connectivity index (χ2n) is 6.09. The summed E-state index contributed by atoms with van der Waals surface area (Å²) in [6.07, 6.45) is 1.28. The summed E-state index contributed by atoms with van der Waals surface area (Å²) in [5, 5.41) is 8.76. The van der Waals surface area contributed by atoms with Crippen molar-refractivity contribution in [1.29, 1.82) is 0 Å². The molecule has 0 aliphatic carbocycles. The van der Waals surface area contributed by atoms with Crippen LogP contribution in [-0.2, 0) is 9.53 Å². The number of amides is 1. The molecule has 0 unspecified atom stereocenters. The predicted octanol–water partition coefficient (Wildman–Crippen LogP) is 1.44. The predicted molar refractivity (Wildman–Crippen MR) is 70.8 cm³/mol. The molecule has 0 saturated carbocycles. The third-order valence-corrected chi connectivity index (χ3v) is 3.13. The first kappa shape index (κ1) is 15.8. The quantitative estimate of drug-likeness (QED) is 0.810. The van der Waals surface area contributed by atoms with Gasteiger partial charge in [-0.15, -0.1) is 0 Å². The number of carboxylic acid groups (broad SMARTS) is 1. The molecule has 6 nitrogen and oxygen atoms in total. The van der Waals surface area contributed by atoms with Gasteiger partial charge in [0.15, 0.2) is 0 Å². The van der Waals surface area contributed by atoms with E-state index in [4.69, 9.17) is 15.6 Å². The number of carbonyl (C=O) groups is 2. The highest BCUT2D eigenvalue weighted by Gasteiger charge is 2.31. The zero-order chi connectivity index (χ0) is 14.6. The van der Waals surface area contributed by atoms with Gasteiger partial charge in [-0.05, 0) is 39.5 Å². The summed E-state index contributed by atoms with van der Waals surface area (Å²) in [6, 6.07) is -0.414. The highest BCUT2D eigenvalue weighted by molar-refractivity contribution is 5.68. The number of rotatable bonds is 3. The van der Waals surface area contributed by atoms with E-state index in [1.165, 1.54) is 0 Å². The summed E-state index contributed by atoms with van der Waals surface area (Å²) < 4.78 is 5.32. The lowest BCUT2D eigenvalue weighted by Crippen LogP contribution is -2.48. The molecule has 0 aromatic carbocycles. The van der Waals surface area contributed by atoms with Crippen molar-refractivity contribution in [2.75, 3.05) is 13.1 Å². The summed E-state index contributed by atoms with van der Waals surface area (Å²) in [5.74, 6) is -0.876. The lowest BCUT2D eigenvalue weighted by atomic mass is 9.89. The average molecular weight is 272 g/mol. The van der Waals surface area contributed by atoms with Crippen molar-refractivity contribution in [3.8, 4) is 0 Å². The molecule has 1 amide bonds. The van der Waals surface area contributed by atoms with Crippen molar-refractivity contribution in [3.63, 3.8) is 0 Å². The van der Waals surface area contributed by atoms with E-state index in [0.717, 1.165) is 12.8 Å². The molecule has 0 radical (unpaired) electrons. The summed E-state index contributed by atoms with van der Waals surface area (Å²) in [4.78, 5) is 24.2. The van der Waals surface area contributed by atoms with Crippen molar-refractivity contribution >= 4 is 12.1 Å². The van der Waals surface area contributed by atoms with Gasteiger partial charge in [-0.1, -0.05) is 0 Å². The fourth-order valence-electron chi connectivity index (χ4n) is 2.22. The Bertz CT molecular complexity index is 338. The van der Waals surface area contributed by atoms with E-state index >= 15 is 0 Å². The third-order valence-electron chi connectivity index (χ3n) is 3.13. The molecule has 0 aromatic heterocycles. The molecule has 0 aromatic rings. The highest BCUT2D eigenvalue weighted by Crippen LogP contribution is 2.22. The van der Waals surface area contributed by atoms with Gasteiger partial charge in [0.1, 0.15) is 5.60 Å². The molecule has 3 N–H and O–H groups in total. The Kier molecular flexibility index (Phi) is 5.17. The topological polar surface area (TPSA) is 92.9 Å². The normalized spacial score (nSPS) is 21.9. The fraction of sp³-hybridized carbons (Fsp3) is 0.846. The molecule has 19 heavy (non-hydrogen) atoms. The average Bonchev–Trinajstić information content (AvgIpc) is 2.26. The summed E-state index contributed by atoms with van der Waals surface area (Å²) in [6.45, 7) is 6.59. The lowest BCUT2D eigenvalue weighted by Gasteiger charge is -2.36. The number of ether oxygens (including phenoxy) is 1. The van der Waals surface area contributed by atoms with Crippen LogP contribution in [0.3, 0.4) is 0 Å². The van der Waals surface area contributed by atoms with Crippen LogP contribution in [0.5, 0.6) is 0 Å². The van der Waals surface area contributed by atoms with Gasteiger partial charge in [0, 0.05) is 19.1 Å². The largest absolute Gasteiger partial charge is 0.481 e. The molecule has 1 aliphatic rings. The van der Waals surface area contributed by atoms with E-state index in [1.54, 1.807) is 4.90 Å². The fourth-order valence-corrected chi connectivity index (χ4v) is 2.22. The number of carbonyl (C=O) groups excluding carboxylic acids is 1. The zero-order valence-electron chi connectivity index (χ0n) is 11.9. The summed E-state index contributed by atoms with van der Waals surface area (Å²) >= 11 is 0. The van der Waals surface area contributed by atoms with Crippen LogP contribution in [0.2, 0.25) is 0 Å². The minimum Gasteiger partial charge on any atom is -0.481 e. The van der Waals surface area contributed by atoms with E-state index in [9.17, 15) is 9.59 Å². The number of carboxylic acids is 1. The van der Waals surface area contributed by atoms with Crippen molar-refractivity contribution in [2.45, 2.75) is 51.7 Å². The van der Waals surface area contributed by atoms with Gasteiger partial charge in [0.2, 0.25) is 0 Å². The van der Waals surface area contributed by atoms with Gasteiger partial charge in [-0.3, -0.25) is 4.79 Å². The lowest BCUT2D eigenvalue weighted by molar-refractivity contribution is -0.137. The monoisotopic (exact) mass is 272 g/mol. The first-order chi connectivity index (χ1) is 8.69. The van der Waals surface area contributed by atoms with Gasteiger partial charge >= 0.3 is 12.1 Å². The van der Waals surface area contributed by atoms with Crippen LogP contribution in [-0.4, -0.2) is 46.8 Å². The Balaban J connectivity index is 2.54. The second kappa shape index (κ2) is 6.23. The Morgan fingerprint density at radius 2 is 2.11 bits per heavy atom. The number of aliphatic carboxylic acids is 1. The Labute approximate surface area is 113 Å². The SMILES string of the molecule is CC(C)(C)OC(=O)N1CCC[C@@H]([C@@H](N)CC(=O)O)C1. The van der Waals surface area contributed by atoms with Crippen LogP contribution in [0.15, 0.2) is 0 Å². The number of likely N-dealkylation sites (tertiary alicyclic amines) is 1. The first-order valence-electron chi connectivity index (χ1n) is 6.64. The van der Waals surface area contributed by atoms with Crippen LogP contribution in [0.4, 0.5) is 4.79 Å². The van der Waals surface area contributed by atoms with Crippen LogP contribution >= 0.6 is 0 Å². The Morgan fingerprint density at radius 3 is 2.63 bits per heavy atom. The van der Waals surface area contributed by atoms with Gasteiger partial charge in [-0.2, -0.15) is 0 Å². The standard InChI is InChI=1S/C13H24N2O4/c1-13(2,3)19-12(18)15-6-4-5-9(8-15)10(14)7-11(16)17/h9-10H,4-8,14H2,1-3H3,(H,16,17)/t9-,10+/m1/s1. The van der Waals surface area contributed by atoms with Crippen molar-refractivity contribution in [3.05, 3.63) is 0 Å². The minimum absolute atomic E-state index is 0.0253. The van der Waals surface area contributed by atoms with Crippen LogP contribution in [0, 0.1) is 5.92 Å². The van der Waals surface area contributed by atoms with Crippen LogP contribution in [0.1, 0.15) is 40.0 Å². The molecule has 1 aliphatic heterocycles. The molecular weight excluding hydrogens is 248 g/mol. The molecule has 110 valence electrons. The number of nitrogens with zero attached hydrogens (tertiary/aromatic N) is 1. The molecule has 1 saturated heterocycles. The van der Waals surface area contributed by atoms with Crippen LogP contribution in [0.25, 0.3) is 0 Å². The Hall–Kier alpha value is -1.30. The molecule has 1 fully saturated rings. The number of hydrogen-bond donors (Lipinski definition) is 2. The maximum absolute atomic E-state index is 12.0. The maximum atomic E-state index is 12.0. The molecule has 0 spiro atoms. The molecule has 1 rings (SSSR count). The molecular formula is C13H24N2O4. The highest BCUT2D eigenvalue weighted by atomic mass is 16.6. The molecule has 2 atom stereocenters. The van der Waals surface area contributed by atoms with Crippen molar-refractivity contribution < 1.29 is 19.4 Å². The van der Waals surface area contributed by atoms with E-state index in [2.05, 4.69) is 0 Å². The minimum atomic E-state index is -0.901. The maximum Gasteiger partial charge on any atom is 0.410 e. The molecule has 6 heteroatoms. The van der Waals surface area contributed by atoms with Gasteiger partial charge < -0.3 is 20.5 Å². The zero-order valence-corrected chi connectivity index (χ0v) is 11.9. The van der Waals surface area contributed by atoms with E-state index in [-0.39, 0.29) is 18.4 Å². The molecule has 0 bridgehead atoms. The Morgan fingerprint density at radius 1 is 1.47 bits per heavy atom. The van der Waals surface area contributed by atoms with E-state index < -0.39 is 17.6 Å². The number of piperidine rings is 1. The van der Waals surface area contributed by atoms with E-state index in [1.807, 2.05) is 20.8 Å². The summed E-state index contributed by atoms with van der Waals surface area (Å²) in [5.41, 5.74) is 5.36. The van der Waals surface area contributed by atoms with Crippen molar-refractivity contribution in [1.82, 2.24) is 4.90 Å². The van der Waals surface area contributed by atoms with Gasteiger partial charge in [0.25, 0.3) is 0 Å². The van der Waals surface area contributed by atoms with Crippen molar-refractivity contribution in [2.24, 2.45) is 11.7 Å². The van der Waals surface area contributed by atoms with Gasteiger partial charge in [-0.25, -0.2) is 4.79 Å². The second-order valence-corrected chi connectivity index (χ2v) is 6.09. The summed E-state index contributed by atoms with van der Waals surface area (Å²) in [7, 11) is 0. The smallest absolute Gasteiger partial charge is 0.410 e. The molecule has 1 heterocycles.